The van der Waals surface area contributed by atoms with Gasteiger partial charge in [0.1, 0.15) is 0 Å². The van der Waals surface area contributed by atoms with E-state index < -0.39 is 0 Å². The van der Waals surface area contributed by atoms with Gasteiger partial charge in [-0.3, -0.25) is 9.80 Å². The first-order valence-electron chi connectivity index (χ1n) is 8.67. The summed E-state index contributed by atoms with van der Waals surface area (Å²) in [6.45, 7) is 12.2. The predicted octanol–water partition coefficient (Wildman–Crippen LogP) is 1.92. The Kier molecular flexibility index (Phi) is 5.70. The molecule has 22 heavy (non-hydrogen) atoms. The molecule has 1 atom stereocenters. The fraction of sp³-hybridized carbons (Fsp3) is 0.667. The van der Waals surface area contributed by atoms with Crippen LogP contribution in [0.15, 0.2) is 30.3 Å². The van der Waals surface area contributed by atoms with Crippen LogP contribution in [0.2, 0.25) is 0 Å². The highest BCUT2D eigenvalue weighted by Crippen LogP contribution is 2.17. The quantitative estimate of drug-likeness (QED) is 0.846. The Bertz CT molecular complexity index is 433. The summed E-state index contributed by atoms with van der Waals surface area (Å²) in [7, 11) is 0. The van der Waals surface area contributed by atoms with Crippen molar-refractivity contribution in [1.82, 2.24) is 9.80 Å². The van der Waals surface area contributed by atoms with E-state index in [2.05, 4.69) is 52.0 Å². The van der Waals surface area contributed by atoms with Gasteiger partial charge in [0.2, 0.25) is 0 Å². The Hall–Kier alpha value is -1.10. The first kappa shape index (κ1) is 15.8. The molecule has 4 heteroatoms. The summed E-state index contributed by atoms with van der Waals surface area (Å²) < 4.78 is 5.45. The molecule has 2 heterocycles. The Morgan fingerprint density at radius 3 is 2.50 bits per heavy atom. The summed E-state index contributed by atoms with van der Waals surface area (Å²) in [6, 6.07) is 11.5. The van der Waals surface area contributed by atoms with Gasteiger partial charge in [0.05, 0.1) is 13.2 Å². The van der Waals surface area contributed by atoms with E-state index in [4.69, 9.17) is 4.74 Å². The smallest absolute Gasteiger partial charge is 0.0594 e. The van der Waals surface area contributed by atoms with Gasteiger partial charge in [-0.15, -0.1) is 0 Å². The van der Waals surface area contributed by atoms with Crippen LogP contribution in [0, 0.1) is 0 Å². The van der Waals surface area contributed by atoms with E-state index in [9.17, 15) is 0 Å². The number of hydrogen-bond acceptors (Lipinski definition) is 4. The minimum Gasteiger partial charge on any atom is -0.379 e. The number of anilines is 1. The molecule has 0 aromatic heterocycles. The third kappa shape index (κ3) is 4.22. The Labute approximate surface area is 134 Å². The van der Waals surface area contributed by atoms with Crippen molar-refractivity contribution in [2.75, 3.05) is 63.9 Å². The van der Waals surface area contributed by atoms with E-state index in [0.29, 0.717) is 6.04 Å². The summed E-state index contributed by atoms with van der Waals surface area (Å²) in [6.07, 6.45) is 1.25. The van der Waals surface area contributed by atoms with Crippen LogP contribution < -0.4 is 4.90 Å². The zero-order chi connectivity index (χ0) is 15.2. The van der Waals surface area contributed by atoms with Crippen LogP contribution in [-0.4, -0.2) is 74.9 Å². The van der Waals surface area contributed by atoms with E-state index in [0.717, 1.165) is 32.8 Å². The van der Waals surface area contributed by atoms with Gasteiger partial charge in [0.15, 0.2) is 0 Å². The molecule has 0 N–H and O–H groups in total. The van der Waals surface area contributed by atoms with Gasteiger partial charge in [-0.2, -0.15) is 0 Å². The normalized spacial score (nSPS) is 23.2. The van der Waals surface area contributed by atoms with Crippen molar-refractivity contribution < 1.29 is 4.74 Å². The maximum Gasteiger partial charge on any atom is 0.0594 e. The Balaban J connectivity index is 1.51. The van der Waals surface area contributed by atoms with E-state index in [1.807, 2.05) is 0 Å². The van der Waals surface area contributed by atoms with Gasteiger partial charge in [-0.05, 0) is 25.5 Å². The number of ether oxygens (including phenoxy) is 1. The fourth-order valence-corrected chi connectivity index (χ4v) is 3.55. The number of rotatable bonds is 4. The number of morpholine rings is 1. The Morgan fingerprint density at radius 2 is 1.73 bits per heavy atom. The largest absolute Gasteiger partial charge is 0.379 e. The summed E-state index contributed by atoms with van der Waals surface area (Å²) in [5.74, 6) is 0. The molecule has 0 bridgehead atoms. The first-order valence-corrected chi connectivity index (χ1v) is 8.67. The Morgan fingerprint density at radius 1 is 0.955 bits per heavy atom. The van der Waals surface area contributed by atoms with Gasteiger partial charge in [0.25, 0.3) is 0 Å². The van der Waals surface area contributed by atoms with Crippen LogP contribution in [-0.2, 0) is 4.74 Å². The van der Waals surface area contributed by atoms with E-state index in [-0.39, 0.29) is 0 Å². The van der Waals surface area contributed by atoms with Gasteiger partial charge >= 0.3 is 0 Å². The topological polar surface area (TPSA) is 19.0 Å². The molecule has 0 aliphatic carbocycles. The minimum atomic E-state index is 0.633. The average molecular weight is 303 g/mol. The van der Waals surface area contributed by atoms with Crippen molar-refractivity contribution in [3.63, 3.8) is 0 Å². The lowest BCUT2D eigenvalue weighted by molar-refractivity contribution is 0.0251. The molecule has 2 fully saturated rings. The predicted molar refractivity (Wildman–Crippen MR) is 91.6 cm³/mol. The van der Waals surface area contributed by atoms with E-state index in [1.54, 1.807) is 0 Å². The molecule has 0 saturated carbocycles. The number of benzene rings is 1. The maximum absolute atomic E-state index is 5.45. The lowest BCUT2D eigenvalue weighted by atomic mass is 10.2. The molecule has 0 spiro atoms. The molecule has 0 radical (unpaired) electrons. The standard InChI is InChI=1S/C18H29N3O/c1-17(16-19-12-14-22-15-13-19)20-8-5-9-21(11-10-20)18-6-3-2-4-7-18/h2-4,6-7,17H,5,8-16H2,1H3/t17-/m1/s1. The number of hydrogen-bond donors (Lipinski definition) is 0. The molecular formula is C18H29N3O. The molecule has 2 aliphatic rings. The summed E-state index contributed by atoms with van der Waals surface area (Å²) in [5.41, 5.74) is 1.37. The van der Waals surface area contributed by atoms with Crippen LogP contribution in [0.25, 0.3) is 0 Å². The van der Waals surface area contributed by atoms with Crippen LogP contribution in [0.4, 0.5) is 5.69 Å². The number of nitrogens with zero attached hydrogens (tertiary/aromatic N) is 3. The molecule has 1 aromatic carbocycles. The van der Waals surface area contributed by atoms with Gasteiger partial charge in [0, 0.05) is 57.5 Å². The van der Waals surface area contributed by atoms with Crippen LogP contribution >= 0.6 is 0 Å². The minimum absolute atomic E-state index is 0.633. The highest BCUT2D eigenvalue weighted by molar-refractivity contribution is 5.46. The van der Waals surface area contributed by atoms with E-state index in [1.165, 1.54) is 38.3 Å². The van der Waals surface area contributed by atoms with Crippen molar-refractivity contribution in [2.24, 2.45) is 0 Å². The third-order valence-corrected chi connectivity index (χ3v) is 4.90. The molecule has 2 aliphatic heterocycles. The molecule has 0 unspecified atom stereocenters. The van der Waals surface area contributed by atoms with Gasteiger partial charge in [-0.25, -0.2) is 0 Å². The van der Waals surface area contributed by atoms with Crippen molar-refractivity contribution >= 4 is 5.69 Å². The fourth-order valence-electron chi connectivity index (χ4n) is 3.55. The lowest BCUT2D eigenvalue weighted by Crippen LogP contribution is -2.47. The van der Waals surface area contributed by atoms with Crippen LogP contribution in [0.3, 0.4) is 0 Å². The number of para-hydroxylation sites is 1. The van der Waals surface area contributed by atoms with Gasteiger partial charge in [-0.1, -0.05) is 18.2 Å². The maximum atomic E-state index is 5.45. The summed E-state index contributed by atoms with van der Waals surface area (Å²) in [4.78, 5) is 7.74. The second-order valence-corrected chi connectivity index (χ2v) is 6.47. The zero-order valence-corrected chi connectivity index (χ0v) is 13.8. The van der Waals surface area contributed by atoms with Crippen molar-refractivity contribution in [3.05, 3.63) is 30.3 Å². The van der Waals surface area contributed by atoms with Crippen LogP contribution in [0.1, 0.15) is 13.3 Å². The second kappa shape index (κ2) is 7.95. The molecular weight excluding hydrogens is 274 g/mol. The van der Waals surface area contributed by atoms with Crippen molar-refractivity contribution in [1.29, 1.82) is 0 Å². The molecule has 1 aromatic rings. The summed E-state index contributed by atoms with van der Waals surface area (Å²) >= 11 is 0. The molecule has 0 amide bonds. The van der Waals surface area contributed by atoms with Crippen molar-refractivity contribution in [3.8, 4) is 0 Å². The van der Waals surface area contributed by atoms with Gasteiger partial charge < -0.3 is 9.64 Å². The lowest BCUT2D eigenvalue weighted by Gasteiger charge is -2.34. The van der Waals surface area contributed by atoms with E-state index >= 15 is 0 Å². The molecule has 4 nitrogen and oxygen atoms in total. The highest BCUT2D eigenvalue weighted by atomic mass is 16.5. The molecule has 122 valence electrons. The van der Waals surface area contributed by atoms with Crippen molar-refractivity contribution in [2.45, 2.75) is 19.4 Å². The second-order valence-electron chi connectivity index (χ2n) is 6.47. The zero-order valence-electron chi connectivity index (χ0n) is 13.8. The first-order chi connectivity index (χ1) is 10.8. The van der Waals surface area contributed by atoms with Crippen LogP contribution in [0.5, 0.6) is 0 Å². The SMILES string of the molecule is C[C@H](CN1CCOCC1)N1CCCN(c2ccccc2)CC1. The monoisotopic (exact) mass is 303 g/mol. The highest BCUT2D eigenvalue weighted by Gasteiger charge is 2.22. The molecule has 2 saturated heterocycles. The molecule has 3 rings (SSSR count). The summed E-state index contributed by atoms with van der Waals surface area (Å²) in [5, 5.41) is 0. The third-order valence-electron chi connectivity index (χ3n) is 4.90. The average Bonchev–Trinajstić information content (AvgIpc) is 2.83.